The van der Waals surface area contributed by atoms with Gasteiger partial charge in [0.1, 0.15) is 0 Å². The molecule has 0 fully saturated rings. The zero-order chi connectivity index (χ0) is 18.1. The van der Waals surface area contributed by atoms with Gasteiger partial charge in [0, 0.05) is 29.1 Å². The van der Waals surface area contributed by atoms with Crippen LogP contribution in [0.2, 0.25) is 0 Å². The van der Waals surface area contributed by atoms with E-state index in [1.54, 1.807) is 54.6 Å². The van der Waals surface area contributed by atoms with Gasteiger partial charge < -0.3 is 9.90 Å². The van der Waals surface area contributed by atoms with E-state index in [0.717, 1.165) is 0 Å². The van der Waals surface area contributed by atoms with E-state index in [4.69, 9.17) is 0 Å². The Balaban J connectivity index is 0.000000212. The molecule has 25 heavy (non-hydrogen) atoms. The molecule has 124 valence electrons. The number of aromatic nitrogens is 1. The Hall–Kier alpha value is -3.60. The smallest absolute Gasteiger partial charge is 0.233 e. The fraction of sp³-hybridized carbons (Fsp3) is 0. The Labute approximate surface area is 144 Å². The molecule has 0 saturated carbocycles. The normalized spacial score (nSPS) is 9.44. The summed E-state index contributed by atoms with van der Waals surface area (Å²) >= 11 is 0. The molecule has 0 aliphatic rings. The van der Waals surface area contributed by atoms with E-state index in [1.807, 2.05) is 12.1 Å². The van der Waals surface area contributed by atoms with Crippen LogP contribution in [-0.4, -0.2) is 22.5 Å². The van der Waals surface area contributed by atoms with Crippen molar-refractivity contribution >= 4 is 17.5 Å². The van der Waals surface area contributed by atoms with Crippen LogP contribution in [0, 0.1) is 0 Å². The van der Waals surface area contributed by atoms with Crippen molar-refractivity contribution < 1.29 is 19.5 Å². The third-order valence-electron chi connectivity index (χ3n) is 3.18. The first-order chi connectivity index (χ1) is 12.1. The summed E-state index contributed by atoms with van der Waals surface area (Å²) < 4.78 is 0. The molecule has 3 aromatic rings. The SMILES string of the molecule is O=C(C(=O)c1ccccc1)c1ccccc1.O=C([O-])c1cccnc1. The molecule has 0 aliphatic heterocycles. The van der Waals surface area contributed by atoms with Gasteiger partial charge in [0.25, 0.3) is 0 Å². The predicted octanol–water partition coefficient (Wildman–Crippen LogP) is 2.20. The number of hydrogen-bond donors (Lipinski definition) is 0. The van der Waals surface area contributed by atoms with E-state index < -0.39 is 17.5 Å². The van der Waals surface area contributed by atoms with Crippen molar-refractivity contribution in [3.8, 4) is 0 Å². The first-order valence-electron chi connectivity index (χ1n) is 7.40. The average molecular weight is 332 g/mol. The first kappa shape index (κ1) is 17.7. The minimum absolute atomic E-state index is 0.109. The Kier molecular flexibility index (Phi) is 6.31. The minimum atomic E-state index is -1.19. The van der Waals surface area contributed by atoms with E-state index in [-0.39, 0.29) is 5.56 Å². The zero-order valence-corrected chi connectivity index (χ0v) is 13.2. The van der Waals surface area contributed by atoms with Crippen LogP contribution >= 0.6 is 0 Å². The fourth-order valence-corrected chi connectivity index (χ4v) is 1.92. The number of aromatic carboxylic acids is 1. The van der Waals surface area contributed by atoms with Gasteiger partial charge in [-0.1, -0.05) is 66.7 Å². The van der Waals surface area contributed by atoms with Gasteiger partial charge in [-0.05, 0) is 6.07 Å². The van der Waals surface area contributed by atoms with Gasteiger partial charge in [-0.2, -0.15) is 0 Å². The van der Waals surface area contributed by atoms with Gasteiger partial charge in [-0.25, -0.2) is 0 Å². The second-order valence-electron chi connectivity index (χ2n) is 4.92. The topological polar surface area (TPSA) is 87.2 Å². The highest BCUT2D eigenvalue weighted by Gasteiger charge is 2.16. The Morgan fingerprint density at radius 2 is 1.08 bits per heavy atom. The van der Waals surface area contributed by atoms with Gasteiger partial charge in [0.2, 0.25) is 11.6 Å². The number of carbonyl (C=O) groups is 3. The van der Waals surface area contributed by atoms with E-state index in [9.17, 15) is 19.5 Å². The van der Waals surface area contributed by atoms with Crippen LogP contribution in [0.4, 0.5) is 0 Å². The minimum Gasteiger partial charge on any atom is -0.545 e. The number of hydrogen-bond acceptors (Lipinski definition) is 5. The van der Waals surface area contributed by atoms with Crippen molar-refractivity contribution in [3.63, 3.8) is 0 Å². The molecular formula is C20H14NO4-. The van der Waals surface area contributed by atoms with Gasteiger partial charge in [0.05, 0.1) is 5.97 Å². The summed E-state index contributed by atoms with van der Waals surface area (Å²) in [6.07, 6.45) is 2.75. The van der Waals surface area contributed by atoms with E-state index in [0.29, 0.717) is 11.1 Å². The van der Waals surface area contributed by atoms with Gasteiger partial charge in [0.15, 0.2) is 0 Å². The Morgan fingerprint density at radius 3 is 1.40 bits per heavy atom. The quantitative estimate of drug-likeness (QED) is 0.540. The molecule has 0 radical (unpaired) electrons. The van der Waals surface area contributed by atoms with Gasteiger partial charge in [-0.3, -0.25) is 14.6 Å². The zero-order valence-electron chi connectivity index (χ0n) is 13.2. The number of pyridine rings is 1. The maximum absolute atomic E-state index is 11.8. The number of Topliss-reactive ketones (excluding diaryl/α,β-unsaturated/α-hetero) is 2. The summed E-state index contributed by atoms with van der Waals surface area (Å²) in [5.74, 6) is -2.12. The maximum Gasteiger partial charge on any atom is 0.233 e. The molecule has 0 unspecified atom stereocenters. The lowest BCUT2D eigenvalue weighted by molar-refractivity contribution is -0.255. The number of rotatable bonds is 4. The molecule has 0 N–H and O–H groups in total. The van der Waals surface area contributed by atoms with E-state index in [1.165, 1.54) is 18.5 Å². The summed E-state index contributed by atoms with van der Waals surface area (Å²) in [5, 5.41) is 10.0. The second kappa shape index (κ2) is 8.88. The number of carboxylic acids is 1. The molecule has 0 saturated heterocycles. The van der Waals surface area contributed by atoms with E-state index in [2.05, 4.69) is 4.98 Å². The number of benzene rings is 2. The number of ketones is 2. The van der Waals surface area contributed by atoms with Gasteiger partial charge in [-0.15, -0.1) is 0 Å². The Morgan fingerprint density at radius 1 is 0.640 bits per heavy atom. The first-order valence-corrected chi connectivity index (χ1v) is 7.40. The summed E-state index contributed by atoms with van der Waals surface area (Å²) in [6, 6.07) is 20.1. The maximum atomic E-state index is 11.8. The summed E-state index contributed by atoms with van der Waals surface area (Å²) in [5.41, 5.74) is 0.963. The Bertz CT molecular complexity index is 797. The predicted molar refractivity (Wildman–Crippen MR) is 90.1 cm³/mol. The summed E-state index contributed by atoms with van der Waals surface area (Å²) in [7, 11) is 0. The standard InChI is InChI=1S/C14H10O2.C6H5NO2/c15-13(11-7-3-1-4-8-11)14(16)12-9-5-2-6-10-12;8-6(9)5-2-1-3-7-4-5/h1-10H;1-4H,(H,8,9)/p-1. The second-order valence-corrected chi connectivity index (χ2v) is 4.92. The molecule has 3 rings (SSSR count). The number of carbonyl (C=O) groups excluding carboxylic acids is 3. The molecule has 1 aromatic heterocycles. The molecule has 0 atom stereocenters. The molecule has 0 bridgehead atoms. The van der Waals surface area contributed by atoms with Crippen LogP contribution in [0.1, 0.15) is 31.1 Å². The molecule has 0 aliphatic carbocycles. The monoisotopic (exact) mass is 332 g/mol. The largest absolute Gasteiger partial charge is 0.545 e. The van der Waals surface area contributed by atoms with Crippen molar-refractivity contribution in [2.45, 2.75) is 0 Å². The summed E-state index contributed by atoms with van der Waals surface area (Å²) in [6.45, 7) is 0. The highest BCUT2D eigenvalue weighted by atomic mass is 16.4. The van der Waals surface area contributed by atoms with Crippen LogP contribution in [-0.2, 0) is 0 Å². The molecule has 2 aromatic carbocycles. The van der Waals surface area contributed by atoms with Crippen LogP contribution in [0.25, 0.3) is 0 Å². The molecule has 5 nitrogen and oxygen atoms in total. The van der Waals surface area contributed by atoms with E-state index >= 15 is 0 Å². The van der Waals surface area contributed by atoms with Crippen LogP contribution in [0.5, 0.6) is 0 Å². The molecule has 1 heterocycles. The van der Waals surface area contributed by atoms with Crippen molar-refractivity contribution in [1.29, 1.82) is 0 Å². The third-order valence-corrected chi connectivity index (χ3v) is 3.18. The van der Waals surface area contributed by atoms with Crippen molar-refractivity contribution in [2.24, 2.45) is 0 Å². The third kappa shape index (κ3) is 5.21. The highest BCUT2D eigenvalue weighted by Crippen LogP contribution is 2.07. The number of nitrogens with zero attached hydrogens (tertiary/aromatic N) is 1. The molecule has 0 spiro atoms. The van der Waals surface area contributed by atoms with Crippen LogP contribution in [0.15, 0.2) is 85.2 Å². The van der Waals surface area contributed by atoms with Crippen LogP contribution in [0.3, 0.4) is 0 Å². The molecular weight excluding hydrogens is 318 g/mol. The molecule has 5 heteroatoms. The average Bonchev–Trinajstić information content (AvgIpc) is 2.69. The van der Waals surface area contributed by atoms with Crippen molar-refractivity contribution in [2.75, 3.05) is 0 Å². The number of carboxylic acid groups (broad SMARTS) is 1. The van der Waals surface area contributed by atoms with Gasteiger partial charge >= 0.3 is 0 Å². The lowest BCUT2D eigenvalue weighted by Gasteiger charge is -1.99. The van der Waals surface area contributed by atoms with Crippen molar-refractivity contribution in [1.82, 2.24) is 4.98 Å². The highest BCUT2D eigenvalue weighted by molar-refractivity contribution is 6.49. The lowest BCUT2D eigenvalue weighted by Crippen LogP contribution is -2.22. The lowest BCUT2D eigenvalue weighted by atomic mass is 10.0. The fourth-order valence-electron chi connectivity index (χ4n) is 1.92. The van der Waals surface area contributed by atoms with Crippen molar-refractivity contribution in [3.05, 3.63) is 102 Å². The summed E-state index contributed by atoms with van der Waals surface area (Å²) in [4.78, 5) is 37.2. The van der Waals surface area contributed by atoms with Crippen LogP contribution < -0.4 is 5.11 Å². The molecule has 0 amide bonds.